The molecule has 0 heterocycles. The fraction of sp³-hybridized carbons (Fsp3) is 0.500. The van der Waals surface area contributed by atoms with Crippen molar-refractivity contribution in [2.45, 2.75) is 51.4 Å². The van der Waals surface area contributed by atoms with Gasteiger partial charge in [0.15, 0.2) is 0 Å². The largest absolute Gasteiger partial charge is 0.508 e. The Kier molecular flexibility index (Phi) is 4.46. The lowest BCUT2D eigenvalue weighted by Gasteiger charge is -2.44. The van der Waals surface area contributed by atoms with Gasteiger partial charge in [-0.25, -0.2) is 0 Å². The van der Waals surface area contributed by atoms with Crippen molar-refractivity contribution in [2.24, 2.45) is 23.7 Å². The van der Waals surface area contributed by atoms with Gasteiger partial charge in [0.2, 0.25) is 0 Å². The highest BCUT2D eigenvalue weighted by atomic mass is 16.3. The SMILES string of the molecule is CC.Oc1ccc(C2(c3ccc(O)cc3)CC3CC2C2CCCC32)cc1. The highest BCUT2D eigenvalue weighted by Gasteiger charge is 2.61. The molecule has 2 aromatic rings. The highest BCUT2D eigenvalue weighted by Crippen LogP contribution is 2.68. The van der Waals surface area contributed by atoms with Gasteiger partial charge in [-0.2, -0.15) is 0 Å². The van der Waals surface area contributed by atoms with E-state index < -0.39 is 0 Å². The van der Waals surface area contributed by atoms with Crippen LogP contribution in [-0.2, 0) is 5.41 Å². The summed E-state index contributed by atoms with van der Waals surface area (Å²) in [6, 6.07) is 15.8. The maximum atomic E-state index is 9.74. The summed E-state index contributed by atoms with van der Waals surface area (Å²) in [6.07, 6.45) is 6.76. The van der Waals surface area contributed by atoms with Crippen LogP contribution >= 0.6 is 0 Å². The van der Waals surface area contributed by atoms with Gasteiger partial charge in [-0.15, -0.1) is 0 Å². The monoisotopic (exact) mass is 350 g/mol. The van der Waals surface area contributed by atoms with Crippen LogP contribution in [0, 0.1) is 23.7 Å². The fourth-order valence-electron chi connectivity index (χ4n) is 6.49. The Bertz CT molecular complexity index is 701. The zero-order valence-corrected chi connectivity index (χ0v) is 15.9. The quantitative estimate of drug-likeness (QED) is 0.711. The van der Waals surface area contributed by atoms with Crippen LogP contribution in [0.4, 0.5) is 0 Å². The molecule has 3 fully saturated rings. The first-order valence-electron chi connectivity index (χ1n) is 10.3. The molecule has 3 aliphatic rings. The van der Waals surface area contributed by atoms with Gasteiger partial charge >= 0.3 is 0 Å². The van der Waals surface area contributed by atoms with Crippen molar-refractivity contribution >= 4 is 0 Å². The molecule has 5 rings (SSSR count). The van der Waals surface area contributed by atoms with Gasteiger partial charge in [0, 0.05) is 5.41 Å². The molecule has 2 N–H and O–H groups in total. The summed E-state index contributed by atoms with van der Waals surface area (Å²) < 4.78 is 0. The Morgan fingerprint density at radius 3 is 1.81 bits per heavy atom. The Hall–Kier alpha value is -1.96. The smallest absolute Gasteiger partial charge is 0.115 e. The molecule has 0 aromatic heterocycles. The molecule has 2 heteroatoms. The first kappa shape index (κ1) is 17.5. The number of fused-ring (bicyclic) bond motifs is 5. The van der Waals surface area contributed by atoms with Gasteiger partial charge in [0.1, 0.15) is 11.5 Å². The van der Waals surface area contributed by atoms with Crippen molar-refractivity contribution < 1.29 is 10.2 Å². The third-order valence-electron chi connectivity index (χ3n) is 7.29. The molecule has 0 radical (unpaired) electrons. The summed E-state index contributed by atoms with van der Waals surface area (Å²) in [5, 5.41) is 19.5. The molecule has 3 saturated carbocycles. The minimum Gasteiger partial charge on any atom is -0.508 e. The van der Waals surface area contributed by atoms with Gasteiger partial charge in [-0.1, -0.05) is 44.5 Å². The van der Waals surface area contributed by atoms with Crippen molar-refractivity contribution in [3.05, 3.63) is 59.7 Å². The van der Waals surface area contributed by atoms with E-state index in [1.54, 1.807) is 0 Å². The van der Waals surface area contributed by atoms with Gasteiger partial charge in [-0.05, 0) is 84.7 Å². The fourth-order valence-corrected chi connectivity index (χ4v) is 6.49. The van der Waals surface area contributed by atoms with E-state index in [-0.39, 0.29) is 5.41 Å². The number of hydrogen-bond acceptors (Lipinski definition) is 2. The molecule has 2 bridgehead atoms. The molecule has 138 valence electrons. The molecule has 0 spiro atoms. The second-order valence-corrected chi connectivity index (χ2v) is 8.13. The van der Waals surface area contributed by atoms with E-state index in [2.05, 4.69) is 24.3 Å². The normalized spacial score (nSPS) is 30.5. The first-order valence-corrected chi connectivity index (χ1v) is 10.3. The van der Waals surface area contributed by atoms with E-state index >= 15 is 0 Å². The molecule has 2 aromatic carbocycles. The van der Waals surface area contributed by atoms with Crippen molar-refractivity contribution in [1.29, 1.82) is 0 Å². The van der Waals surface area contributed by atoms with Crippen LogP contribution in [0.15, 0.2) is 48.5 Å². The van der Waals surface area contributed by atoms with Crippen molar-refractivity contribution in [3.8, 4) is 11.5 Å². The number of phenols is 2. The van der Waals surface area contributed by atoms with E-state index in [4.69, 9.17) is 0 Å². The van der Waals surface area contributed by atoms with Gasteiger partial charge < -0.3 is 10.2 Å². The standard InChI is InChI=1S/C22H24O2.C2H6/c23-17-8-4-15(5-9-17)22(16-6-10-18(24)11-7-16)13-14-12-21(22)20-3-1-2-19(14)20;1-2/h4-11,14,19-21,23-24H,1-3,12-13H2;1-2H3. The average Bonchev–Trinajstić information content (AvgIpc) is 3.37. The topological polar surface area (TPSA) is 40.5 Å². The van der Waals surface area contributed by atoms with Gasteiger partial charge in [0.25, 0.3) is 0 Å². The third kappa shape index (κ3) is 2.46. The van der Waals surface area contributed by atoms with E-state index in [0.29, 0.717) is 17.4 Å². The zero-order valence-electron chi connectivity index (χ0n) is 15.9. The maximum Gasteiger partial charge on any atom is 0.115 e. The second kappa shape index (κ2) is 6.64. The van der Waals surface area contributed by atoms with Crippen LogP contribution in [0.3, 0.4) is 0 Å². The Morgan fingerprint density at radius 1 is 0.769 bits per heavy atom. The minimum atomic E-state index is 0.0531. The lowest BCUT2D eigenvalue weighted by Crippen LogP contribution is -2.40. The number of hydrogen-bond donors (Lipinski definition) is 2. The molecule has 0 saturated heterocycles. The molecule has 0 aliphatic heterocycles. The highest BCUT2D eigenvalue weighted by molar-refractivity contribution is 5.46. The zero-order chi connectivity index (χ0) is 18.3. The van der Waals surface area contributed by atoms with Crippen molar-refractivity contribution in [1.82, 2.24) is 0 Å². The Morgan fingerprint density at radius 2 is 1.27 bits per heavy atom. The van der Waals surface area contributed by atoms with Crippen LogP contribution in [0.1, 0.15) is 57.1 Å². The summed E-state index contributed by atoms with van der Waals surface area (Å²) in [4.78, 5) is 0. The van der Waals surface area contributed by atoms with Gasteiger partial charge in [0.05, 0.1) is 0 Å². The summed E-state index contributed by atoms with van der Waals surface area (Å²) in [7, 11) is 0. The van der Waals surface area contributed by atoms with E-state index in [1.807, 2.05) is 38.1 Å². The van der Waals surface area contributed by atoms with Crippen LogP contribution in [0.5, 0.6) is 11.5 Å². The molecule has 0 amide bonds. The summed E-state index contributed by atoms with van der Waals surface area (Å²) in [5.74, 6) is 4.00. The second-order valence-electron chi connectivity index (χ2n) is 8.13. The van der Waals surface area contributed by atoms with E-state index in [1.165, 1.54) is 43.2 Å². The van der Waals surface area contributed by atoms with Crippen LogP contribution in [0.2, 0.25) is 0 Å². The number of phenolic OH excluding ortho intramolecular Hbond substituents is 2. The van der Waals surface area contributed by atoms with Crippen LogP contribution in [0.25, 0.3) is 0 Å². The maximum absolute atomic E-state index is 9.74. The lowest BCUT2D eigenvalue weighted by molar-refractivity contribution is 0.181. The molecule has 4 atom stereocenters. The molecule has 3 aliphatic carbocycles. The summed E-state index contributed by atoms with van der Waals surface area (Å²) in [6.45, 7) is 4.00. The van der Waals surface area contributed by atoms with Crippen LogP contribution in [-0.4, -0.2) is 10.2 Å². The summed E-state index contributed by atoms with van der Waals surface area (Å²) >= 11 is 0. The number of aromatic hydroxyl groups is 2. The van der Waals surface area contributed by atoms with Crippen LogP contribution < -0.4 is 0 Å². The molecule has 2 nitrogen and oxygen atoms in total. The summed E-state index contributed by atoms with van der Waals surface area (Å²) in [5.41, 5.74) is 2.73. The predicted octanol–water partition coefficient (Wildman–Crippen LogP) is 5.87. The number of rotatable bonds is 2. The number of benzene rings is 2. The van der Waals surface area contributed by atoms with Gasteiger partial charge in [-0.3, -0.25) is 0 Å². The average molecular weight is 351 g/mol. The minimum absolute atomic E-state index is 0.0531. The van der Waals surface area contributed by atoms with E-state index in [0.717, 1.165) is 17.8 Å². The molecular formula is C24H30O2. The van der Waals surface area contributed by atoms with Crippen molar-refractivity contribution in [2.75, 3.05) is 0 Å². The predicted molar refractivity (Wildman–Crippen MR) is 105 cm³/mol. The molecule has 4 unspecified atom stereocenters. The first-order chi connectivity index (χ1) is 12.7. The lowest BCUT2D eigenvalue weighted by atomic mass is 9.59. The Balaban J connectivity index is 0.000000814. The molecular weight excluding hydrogens is 320 g/mol. The van der Waals surface area contributed by atoms with E-state index in [9.17, 15) is 10.2 Å². The van der Waals surface area contributed by atoms with Crippen molar-refractivity contribution in [3.63, 3.8) is 0 Å². The Labute approximate surface area is 156 Å². The molecule has 26 heavy (non-hydrogen) atoms. The third-order valence-corrected chi connectivity index (χ3v) is 7.29.